The van der Waals surface area contributed by atoms with E-state index in [0.29, 0.717) is 31.9 Å². The van der Waals surface area contributed by atoms with Gasteiger partial charge in [-0.25, -0.2) is 19.8 Å². The first-order valence-corrected chi connectivity index (χ1v) is 9.35. The summed E-state index contributed by atoms with van der Waals surface area (Å²) in [4.78, 5) is 34.4. The Morgan fingerprint density at radius 3 is 2.54 bits per heavy atom. The van der Waals surface area contributed by atoms with Gasteiger partial charge in [-0.3, -0.25) is 4.79 Å². The van der Waals surface area contributed by atoms with Crippen molar-refractivity contribution in [3.63, 3.8) is 0 Å². The van der Waals surface area contributed by atoms with E-state index in [-0.39, 0.29) is 23.6 Å². The van der Waals surface area contributed by atoms with Crippen molar-refractivity contribution in [1.29, 1.82) is 0 Å². The Bertz CT molecular complexity index is 894. The molecule has 1 amide bonds. The molecule has 0 spiro atoms. The number of hydrogen-bond acceptors (Lipinski definition) is 6. The van der Waals surface area contributed by atoms with E-state index in [1.165, 1.54) is 12.3 Å². The highest BCUT2D eigenvalue weighted by molar-refractivity contribution is 5.85. The third kappa shape index (κ3) is 3.58. The van der Waals surface area contributed by atoms with Crippen LogP contribution in [-0.2, 0) is 4.79 Å². The SMILES string of the molecule is O=C(O)c1ccnc(N2CCC(C(=O)N3N=CCC3c3ccccc3)CC2)n1. The van der Waals surface area contributed by atoms with E-state index in [2.05, 4.69) is 15.1 Å². The van der Waals surface area contributed by atoms with E-state index in [1.54, 1.807) is 11.2 Å². The van der Waals surface area contributed by atoms with Crippen LogP contribution in [0.3, 0.4) is 0 Å². The Balaban J connectivity index is 1.41. The number of rotatable bonds is 4. The fourth-order valence-electron chi connectivity index (χ4n) is 3.71. The van der Waals surface area contributed by atoms with E-state index in [4.69, 9.17) is 5.11 Å². The van der Waals surface area contributed by atoms with Crippen molar-refractivity contribution in [2.45, 2.75) is 25.3 Å². The minimum absolute atomic E-state index is 0.0275. The molecule has 1 N–H and O–H groups in total. The van der Waals surface area contributed by atoms with Crippen LogP contribution >= 0.6 is 0 Å². The summed E-state index contributed by atoms with van der Waals surface area (Å²) in [7, 11) is 0. The molecule has 1 aromatic heterocycles. The molecule has 144 valence electrons. The third-order valence-corrected chi connectivity index (χ3v) is 5.23. The van der Waals surface area contributed by atoms with Crippen LogP contribution < -0.4 is 4.90 Å². The first kappa shape index (κ1) is 18.1. The highest BCUT2D eigenvalue weighted by atomic mass is 16.4. The second kappa shape index (κ2) is 7.75. The number of benzene rings is 1. The van der Waals surface area contributed by atoms with Gasteiger partial charge in [0.25, 0.3) is 0 Å². The van der Waals surface area contributed by atoms with E-state index in [1.807, 2.05) is 35.2 Å². The number of aromatic carboxylic acids is 1. The van der Waals surface area contributed by atoms with Crippen molar-refractivity contribution in [3.8, 4) is 0 Å². The van der Waals surface area contributed by atoms with Crippen molar-refractivity contribution in [2.24, 2.45) is 11.0 Å². The van der Waals surface area contributed by atoms with Gasteiger partial charge in [0, 0.05) is 37.8 Å². The zero-order chi connectivity index (χ0) is 19.5. The maximum Gasteiger partial charge on any atom is 0.354 e. The molecule has 0 radical (unpaired) electrons. The monoisotopic (exact) mass is 379 g/mol. The van der Waals surface area contributed by atoms with Crippen LogP contribution in [0.15, 0.2) is 47.7 Å². The van der Waals surface area contributed by atoms with Crippen LogP contribution in [0.1, 0.15) is 41.4 Å². The Hall–Kier alpha value is -3.29. The van der Waals surface area contributed by atoms with E-state index in [9.17, 15) is 9.59 Å². The normalized spacial score (nSPS) is 19.8. The van der Waals surface area contributed by atoms with E-state index in [0.717, 1.165) is 12.0 Å². The number of carboxylic acid groups (broad SMARTS) is 1. The number of nitrogens with zero attached hydrogens (tertiary/aromatic N) is 5. The summed E-state index contributed by atoms with van der Waals surface area (Å²) in [6.45, 7) is 1.21. The van der Waals surface area contributed by atoms with Crippen molar-refractivity contribution in [1.82, 2.24) is 15.0 Å². The van der Waals surface area contributed by atoms with Gasteiger partial charge in [0.2, 0.25) is 11.9 Å². The van der Waals surface area contributed by atoms with Crippen molar-refractivity contribution < 1.29 is 14.7 Å². The molecular weight excluding hydrogens is 358 g/mol. The van der Waals surface area contributed by atoms with E-state index >= 15 is 0 Å². The number of carbonyl (C=O) groups excluding carboxylic acids is 1. The Kier molecular flexibility index (Phi) is 5.01. The second-order valence-electron chi connectivity index (χ2n) is 6.95. The lowest BCUT2D eigenvalue weighted by molar-refractivity contribution is -0.138. The lowest BCUT2D eigenvalue weighted by atomic mass is 9.94. The average molecular weight is 379 g/mol. The molecule has 4 rings (SSSR count). The number of carboxylic acids is 1. The van der Waals surface area contributed by atoms with Gasteiger partial charge in [-0.2, -0.15) is 5.10 Å². The summed E-state index contributed by atoms with van der Waals surface area (Å²) >= 11 is 0. The Labute approximate surface area is 162 Å². The molecule has 0 aliphatic carbocycles. The van der Waals surface area contributed by atoms with Crippen LogP contribution in [-0.4, -0.2) is 51.3 Å². The summed E-state index contributed by atoms with van der Waals surface area (Å²) in [6, 6.07) is 11.3. The first-order valence-electron chi connectivity index (χ1n) is 9.35. The molecule has 2 aliphatic heterocycles. The smallest absolute Gasteiger partial charge is 0.354 e. The number of hydrazone groups is 1. The largest absolute Gasteiger partial charge is 0.477 e. The number of amides is 1. The highest BCUT2D eigenvalue weighted by Crippen LogP contribution is 2.32. The van der Waals surface area contributed by atoms with Gasteiger partial charge in [0.1, 0.15) is 0 Å². The molecule has 2 aromatic rings. The molecule has 8 heteroatoms. The Morgan fingerprint density at radius 2 is 1.82 bits per heavy atom. The van der Waals surface area contributed by atoms with E-state index < -0.39 is 5.97 Å². The molecule has 3 heterocycles. The van der Waals surface area contributed by atoms with Crippen molar-refractivity contribution in [2.75, 3.05) is 18.0 Å². The summed E-state index contributed by atoms with van der Waals surface area (Å²) < 4.78 is 0. The third-order valence-electron chi connectivity index (χ3n) is 5.23. The van der Waals surface area contributed by atoms with Gasteiger partial charge in [0.05, 0.1) is 6.04 Å². The molecule has 0 bridgehead atoms. The maximum absolute atomic E-state index is 13.1. The minimum Gasteiger partial charge on any atom is -0.477 e. The minimum atomic E-state index is -1.08. The summed E-state index contributed by atoms with van der Waals surface area (Å²) in [5, 5.41) is 15.0. The lowest BCUT2D eigenvalue weighted by Gasteiger charge is -2.33. The standard InChI is InChI=1S/C20H21N5O3/c26-18(25-17(7-11-22-25)14-4-2-1-3-5-14)15-8-12-24(13-9-15)20-21-10-6-16(23-20)19(27)28/h1-6,10-11,15,17H,7-9,12-13H2,(H,27,28). The fraction of sp³-hybridized carbons (Fsp3) is 0.350. The topological polar surface area (TPSA) is 99.0 Å². The van der Waals surface area contributed by atoms with Gasteiger partial charge >= 0.3 is 5.97 Å². The fourth-order valence-corrected chi connectivity index (χ4v) is 3.71. The van der Waals surface area contributed by atoms with Crippen molar-refractivity contribution in [3.05, 3.63) is 53.9 Å². The van der Waals surface area contributed by atoms with Crippen LogP contribution in [0.4, 0.5) is 5.95 Å². The molecule has 1 fully saturated rings. The van der Waals surface area contributed by atoms with Crippen LogP contribution in [0.25, 0.3) is 0 Å². The van der Waals surface area contributed by atoms with Gasteiger partial charge in [-0.1, -0.05) is 30.3 Å². The van der Waals surface area contributed by atoms with Crippen LogP contribution in [0.5, 0.6) is 0 Å². The number of hydrogen-bond donors (Lipinski definition) is 1. The molecule has 1 aromatic carbocycles. The zero-order valence-electron chi connectivity index (χ0n) is 15.3. The summed E-state index contributed by atoms with van der Waals surface area (Å²) in [6.07, 6.45) is 5.30. The highest BCUT2D eigenvalue weighted by Gasteiger charge is 2.35. The number of anilines is 1. The first-order chi connectivity index (χ1) is 13.6. The number of carbonyl (C=O) groups is 2. The summed E-state index contributed by atoms with van der Waals surface area (Å²) in [5.41, 5.74) is 1.06. The molecule has 1 atom stereocenters. The second-order valence-corrected chi connectivity index (χ2v) is 6.95. The summed E-state index contributed by atoms with van der Waals surface area (Å²) in [5.74, 6) is -0.748. The number of piperidine rings is 1. The van der Waals surface area contributed by atoms with Gasteiger partial charge in [-0.05, 0) is 24.5 Å². The van der Waals surface area contributed by atoms with Gasteiger partial charge < -0.3 is 10.0 Å². The molecule has 1 unspecified atom stereocenters. The predicted molar refractivity (Wildman–Crippen MR) is 103 cm³/mol. The van der Waals surface area contributed by atoms with Crippen molar-refractivity contribution >= 4 is 24.0 Å². The maximum atomic E-state index is 13.1. The molecule has 1 saturated heterocycles. The van der Waals surface area contributed by atoms with Crippen LogP contribution in [0.2, 0.25) is 0 Å². The quantitative estimate of drug-likeness (QED) is 0.875. The molecule has 28 heavy (non-hydrogen) atoms. The van der Waals surface area contributed by atoms with Gasteiger partial charge in [-0.15, -0.1) is 0 Å². The molecule has 2 aliphatic rings. The predicted octanol–water partition coefficient (Wildman–Crippen LogP) is 2.35. The molecule has 8 nitrogen and oxygen atoms in total. The molecule has 0 saturated carbocycles. The average Bonchev–Trinajstić information content (AvgIpc) is 3.24. The van der Waals surface area contributed by atoms with Gasteiger partial charge in [0.15, 0.2) is 5.69 Å². The number of aromatic nitrogens is 2. The van der Waals surface area contributed by atoms with Crippen LogP contribution in [0, 0.1) is 5.92 Å². The zero-order valence-corrected chi connectivity index (χ0v) is 15.3. The lowest BCUT2D eigenvalue weighted by Crippen LogP contribution is -2.41. The molecular formula is C20H21N5O3. The Morgan fingerprint density at radius 1 is 1.07 bits per heavy atom.